The number of carbonyl (C=O) groups is 1. The largest absolute Gasteiger partial charge is 0.480 e. The number of anilines is 1. The summed E-state index contributed by atoms with van der Waals surface area (Å²) in [4.78, 5) is 23.0. The number of carboxylic acid groups (broad SMARTS) is 1. The number of nitrogens with zero attached hydrogens (tertiary/aromatic N) is 2. The van der Waals surface area contributed by atoms with Gasteiger partial charge in [0.2, 0.25) is 0 Å². The second-order valence-corrected chi connectivity index (χ2v) is 4.12. The van der Waals surface area contributed by atoms with E-state index in [0.29, 0.717) is 12.1 Å². The molecule has 0 aliphatic carbocycles. The van der Waals surface area contributed by atoms with Crippen LogP contribution in [0.3, 0.4) is 0 Å². The van der Waals surface area contributed by atoms with Gasteiger partial charge in [0, 0.05) is 13.1 Å². The molecule has 1 N–H and O–H groups in total. The van der Waals surface area contributed by atoms with Gasteiger partial charge >= 0.3 is 5.97 Å². The van der Waals surface area contributed by atoms with Crippen molar-refractivity contribution in [2.45, 2.75) is 26.3 Å². The number of aryl methyl sites for hydroxylation is 1. The third-order valence-corrected chi connectivity index (χ3v) is 2.85. The fourth-order valence-electron chi connectivity index (χ4n) is 1.86. The summed E-state index contributed by atoms with van der Waals surface area (Å²) in [6.45, 7) is 3.49. The predicted octanol–water partition coefficient (Wildman–Crippen LogP) is 2.20. The first-order chi connectivity index (χ1) is 8.38. The van der Waals surface area contributed by atoms with Crippen LogP contribution in [0.15, 0.2) is 18.2 Å². The van der Waals surface area contributed by atoms with E-state index in [9.17, 15) is 14.9 Å². The van der Waals surface area contributed by atoms with Crippen molar-refractivity contribution >= 4 is 17.3 Å². The molecule has 0 aromatic heterocycles. The van der Waals surface area contributed by atoms with E-state index < -0.39 is 16.9 Å². The molecule has 0 saturated heterocycles. The number of hydrogen-bond donors (Lipinski definition) is 1. The molecule has 0 spiro atoms. The van der Waals surface area contributed by atoms with E-state index in [0.717, 1.165) is 5.56 Å². The van der Waals surface area contributed by atoms with E-state index in [2.05, 4.69) is 0 Å². The number of hydrogen-bond acceptors (Lipinski definition) is 4. The minimum Gasteiger partial charge on any atom is -0.480 e. The summed E-state index contributed by atoms with van der Waals surface area (Å²) in [6, 6.07) is 3.98. The molecule has 1 aromatic rings. The fourth-order valence-corrected chi connectivity index (χ4v) is 1.86. The lowest BCUT2D eigenvalue weighted by atomic mass is 10.1. The second-order valence-electron chi connectivity index (χ2n) is 4.12. The van der Waals surface area contributed by atoms with Gasteiger partial charge in [-0.15, -0.1) is 0 Å². The SMILES string of the molecule is CCC(C(=O)O)N(C)c1ccc(C)cc1[N+](=O)[O-]. The topological polar surface area (TPSA) is 83.7 Å². The van der Waals surface area contributed by atoms with Gasteiger partial charge in [-0.2, -0.15) is 0 Å². The molecule has 1 unspecified atom stereocenters. The highest BCUT2D eigenvalue weighted by Crippen LogP contribution is 2.30. The van der Waals surface area contributed by atoms with Gasteiger partial charge in [-0.25, -0.2) is 4.79 Å². The molecule has 6 heteroatoms. The van der Waals surface area contributed by atoms with Crippen molar-refractivity contribution in [1.82, 2.24) is 0 Å². The van der Waals surface area contributed by atoms with Crippen molar-refractivity contribution < 1.29 is 14.8 Å². The third kappa shape index (κ3) is 2.77. The van der Waals surface area contributed by atoms with Crippen LogP contribution in [-0.2, 0) is 4.79 Å². The molecular weight excluding hydrogens is 236 g/mol. The Morgan fingerprint density at radius 1 is 1.56 bits per heavy atom. The summed E-state index contributed by atoms with van der Waals surface area (Å²) in [5, 5.41) is 20.1. The van der Waals surface area contributed by atoms with Crippen molar-refractivity contribution in [3.8, 4) is 0 Å². The van der Waals surface area contributed by atoms with Gasteiger partial charge in [-0.3, -0.25) is 10.1 Å². The zero-order valence-electron chi connectivity index (χ0n) is 10.6. The summed E-state index contributed by atoms with van der Waals surface area (Å²) in [5.74, 6) is -0.991. The summed E-state index contributed by atoms with van der Waals surface area (Å²) >= 11 is 0. The van der Waals surface area contributed by atoms with Crippen LogP contribution < -0.4 is 4.90 Å². The van der Waals surface area contributed by atoms with Crippen molar-refractivity contribution in [2.75, 3.05) is 11.9 Å². The third-order valence-electron chi connectivity index (χ3n) is 2.85. The van der Waals surface area contributed by atoms with E-state index in [1.807, 2.05) is 0 Å². The zero-order valence-corrected chi connectivity index (χ0v) is 10.6. The van der Waals surface area contributed by atoms with Gasteiger partial charge in [-0.05, 0) is 25.0 Å². The van der Waals surface area contributed by atoms with Crippen molar-refractivity contribution in [2.24, 2.45) is 0 Å². The van der Waals surface area contributed by atoms with E-state index in [1.165, 1.54) is 11.0 Å². The molecule has 0 amide bonds. The van der Waals surface area contributed by atoms with Crippen LogP contribution in [0.4, 0.5) is 11.4 Å². The van der Waals surface area contributed by atoms with Crippen LogP contribution >= 0.6 is 0 Å². The van der Waals surface area contributed by atoms with Crippen LogP contribution in [0.25, 0.3) is 0 Å². The Morgan fingerprint density at radius 2 is 2.17 bits per heavy atom. The lowest BCUT2D eigenvalue weighted by Crippen LogP contribution is -2.38. The Morgan fingerprint density at radius 3 is 2.61 bits per heavy atom. The predicted molar refractivity (Wildman–Crippen MR) is 68.0 cm³/mol. The molecule has 6 nitrogen and oxygen atoms in total. The highest BCUT2D eigenvalue weighted by atomic mass is 16.6. The highest BCUT2D eigenvalue weighted by Gasteiger charge is 2.26. The Kier molecular flexibility index (Phi) is 4.25. The molecule has 0 saturated carbocycles. The maximum absolute atomic E-state index is 11.1. The highest BCUT2D eigenvalue weighted by molar-refractivity contribution is 5.80. The molecule has 0 aliphatic heterocycles. The second kappa shape index (κ2) is 5.48. The lowest BCUT2D eigenvalue weighted by Gasteiger charge is -2.25. The van der Waals surface area contributed by atoms with E-state index in [1.54, 1.807) is 33.0 Å². The Hall–Kier alpha value is -2.11. The van der Waals surface area contributed by atoms with Crippen molar-refractivity contribution in [1.29, 1.82) is 0 Å². The number of carboxylic acids is 1. The molecular formula is C12H16N2O4. The Balaban J connectivity index is 3.23. The molecule has 1 atom stereocenters. The summed E-state index contributed by atoms with van der Waals surface area (Å²) in [7, 11) is 1.56. The zero-order chi connectivity index (χ0) is 13.9. The van der Waals surface area contributed by atoms with Crippen LogP contribution in [-0.4, -0.2) is 29.1 Å². The number of nitro benzene ring substituents is 1. The van der Waals surface area contributed by atoms with E-state index in [4.69, 9.17) is 5.11 Å². The first kappa shape index (κ1) is 14.0. The Labute approximate surface area is 105 Å². The van der Waals surface area contributed by atoms with Gasteiger partial charge in [0.05, 0.1) is 4.92 Å². The molecule has 18 heavy (non-hydrogen) atoms. The quantitative estimate of drug-likeness (QED) is 0.641. The van der Waals surface area contributed by atoms with Crippen molar-refractivity contribution in [3.63, 3.8) is 0 Å². The van der Waals surface area contributed by atoms with E-state index in [-0.39, 0.29) is 5.69 Å². The standard InChI is InChI=1S/C12H16N2O4/c1-4-9(12(15)16)13(3)10-6-5-8(2)7-11(10)14(17)18/h5-7,9H,4H2,1-3H3,(H,15,16). The molecule has 1 rings (SSSR count). The Bertz CT molecular complexity index is 473. The van der Waals surface area contributed by atoms with Gasteiger partial charge in [-0.1, -0.05) is 13.0 Å². The maximum atomic E-state index is 11.1. The number of aliphatic carboxylic acids is 1. The monoisotopic (exact) mass is 252 g/mol. The fraction of sp³-hybridized carbons (Fsp3) is 0.417. The maximum Gasteiger partial charge on any atom is 0.326 e. The molecule has 1 aromatic carbocycles. The number of likely N-dealkylation sites (N-methyl/N-ethyl adjacent to an activating group) is 1. The first-order valence-corrected chi connectivity index (χ1v) is 5.59. The summed E-state index contributed by atoms with van der Waals surface area (Å²) < 4.78 is 0. The van der Waals surface area contributed by atoms with Gasteiger partial charge in [0.1, 0.15) is 11.7 Å². The molecule has 0 heterocycles. The van der Waals surface area contributed by atoms with Crippen LogP contribution in [0.1, 0.15) is 18.9 Å². The van der Waals surface area contributed by atoms with Gasteiger partial charge < -0.3 is 10.0 Å². The minimum atomic E-state index is -0.991. The normalized spacial score (nSPS) is 11.9. The van der Waals surface area contributed by atoms with E-state index >= 15 is 0 Å². The molecule has 98 valence electrons. The average Bonchev–Trinajstić information content (AvgIpc) is 2.28. The molecule has 0 fully saturated rings. The molecule has 0 radical (unpaired) electrons. The number of nitro groups is 1. The number of benzene rings is 1. The number of rotatable bonds is 5. The average molecular weight is 252 g/mol. The molecule has 0 bridgehead atoms. The van der Waals surface area contributed by atoms with Crippen molar-refractivity contribution in [3.05, 3.63) is 33.9 Å². The van der Waals surface area contributed by atoms with Crippen LogP contribution in [0.5, 0.6) is 0 Å². The van der Waals surface area contributed by atoms with Crippen LogP contribution in [0.2, 0.25) is 0 Å². The molecule has 0 aliphatic rings. The van der Waals surface area contributed by atoms with Gasteiger partial charge in [0.25, 0.3) is 5.69 Å². The summed E-state index contributed by atoms with van der Waals surface area (Å²) in [6.07, 6.45) is 0.372. The van der Waals surface area contributed by atoms with Gasteiger partial charge in [0.15, 0.2) is 0 Å². The lowest BCUT2D eigenvalue weighted by molar-refractivity contribution is -0.384. The van der Waals surface area contributed by atoms with Crippen LogP contribution in [0, 0.1) is 17.0 Å². The first-order valence-electron chi connectivity index (χ1n) is 5.59. The minimum absolute atomic E-state index is 0.0720. The smallest absolute Gasteiger partial charge is 0.326 e. The summed E-state index contributed by atoms with van der Waals surface area (Å²) in [5.41, 5.74) is 1.01.